The summed E-state index contributed by atoms with van der Waals surface area (Å²) in [5.74, 6) is -0.222. The zero-order valence-corrected chi connectivity index (χ0v) is 14.1. The molecule has 2 aromatic carbocycles. The molecule has 0 aliphatic heterocycles. The van der Waals surface area contributed by atoms with Crippen LogP contribution in [-0.4, -0.2) is 10.9 Å². The number of halogens is 1. The molecule has 0 unspecified atom stereocenters. The number of carbonyl (C=O) groups is 1. The maximum Gasteiger partial charge on any atom is 0.275 e. The lowest BCUT2D eigenvalue weighted by molar-refractivity contribution is 0.102. The van der Waals surface area contributed by atoms with Gasteiger partial charge in [-0.05, 0) is 30.2 Å². The van der Waals surface area contributed by atoms with Crippen LogP contribution in [0.2, 0.25) is 5.02 Å². The molecule has 3 rings (SSSR count). The summed E-state index contributed by atoms with van der Waals surface area (Å²) in [6, 6.07) is 15.5. The number of rotatable bonds is 4. The largest absolute Gasteiger partial charge is 0.321 e. The predicted octanol–water partition coefficient (Wildman–Crippen LogP) is 4.95. The minimum Gasteiger partial charge on any atom is -0.321 e. The van der Waals surface area contributed by atoms with Gasteiger partial charge in [-0.15, -0.1) is 11.3 Å². The van der Waals surface area contributed by atoms with E-state index in [1.165, 1.54) is 16.9 Å². The molecule has 0 saturated heterocycles. The number of thiazole rings is 1. The van der Waals surface area contributed by atoms with E-state index in [2.05, 4.69) is 22.4 Å². The Bertz CT molecular complexity index is 830. The monoisotopic (exact) mass is 342 g/mol. The van der Waals surface area contributed by atoms with Crippen LogP contribution in [0, 0.1) is 6.92 Å². The van der Waals surface area contributed by atoms with Crippen LogP contribution in [0.15, 0.2) is 53.9 Å². The van der Waals surface area contributed by atoms with E-state index in [4.69, 9.17) is 11.6 Å². The number of carbonyl (C=O) groups excluding carboxylic acids is 1. The Kier molecular flexibility index (Phi) is 4.74. The molecule has 0 spiro atoms. The van der Waals surface area contributed by atoms with Crippen molar-refractivity contribution in [2.75, 3.05) is 5.32 Å². The predicted molar refractivity (Wildman–Crippen MR) is 95.5 cm³/mol. The zero-order valence-electron chi connectivity index (χ0n) is 12.5. The van der Waals surface area contributed by atoms with Crippen molar-refractivity contribution in [3.8, 4) is 0 Å². The van der Waals surface area contributed by atoms with E-state index < -0.39 is 0 Å². The minimum atomic E-state index is -0.222. The van der Waals surface area contributed by atoms with Gasteiger partial charge in [0.2, 0.25) is 0 Å². The van der Waals surface area contributed by atoms with Crippen molar-refractivity contribution >= 4 is 34.5 Å². The van der Waals surface area contributed by atoms with Crippen molar-refractivity contribution < 1.29 is 4.79 Å². The molecule has 3 nitrogen and oxygen atoms in total. The van der Waals surface area contributed by atoms with Crippen LogP contribution in [0.3, 0.4) is 0 Å². The summed E-state index contributed by atoms with van der Waals surface area (Å²) in [6.07, 6.45) is 0.731. The van der Waals surface area contributed by atoms with Gasteiger partial charge in [0.1, 0.15) is 5.69 Å². The summed E-state index contributed by atoms with van der Waals surface area (Å²) >= 11 is 7.56. The quantitative estimate of drug-likeness (QED) is 0.729. The van der Waals surface area contributed by atoms with Crippen LogP contribution in [-0.2, 0) is 6.42 Å². The summed E-state index contributed by atoms with van der Waals surface area (Å²) in [5.41, 5.74) is 3.25. The highest BCUT2D eigenvalue weighted by Gasteiger charge is 2.12. The average Bonchev–Trinajstić information content (AvgIpc) is 3.00. The van der Waals surface area contributed by atoms with Crippen LogP contribution in [0.1, 0.15) is 26.6 Å². The number of hydrogen-bond acceptors (Lipinski definition) is 3. The van der Waals surface area contributed by atoms with Crippen molar-refractivity contribution in [2.45, 2.75) is 13.3 Å². The molecule has 1 aromatic heterocycles. The third kappa shape index (κ3) is 3.97. The fraction of sp³-hybridized carbons (Fsp3) is 0.111. The highest BCUT2D eigenvalue weighted by atomic mass is 35.5. The molecule has 1 heterocycles. The lowest BCUT2D eigenvalue weighted by atomic mass is 10.2. The van der Waals surface area contributed by atoms with Crippen molar-refractivity contribution in [1.82, 2.24) is 4.98 Å². The number of amides is 1. The Hall–Kier alpha value is -2.17. The molecule has 0 saturated carbocycles. The van der Waals surface area contributed by atoms with Gasteiger partial charge in [0.15, 0.2) is 0 Å². The Morgan fingerprint density at radius 1 is 1.22 bits per heavy atom. The van der Waals surface area contributed by atoms with Crippen molar-refractivity contribution in [3.05, 3.63) is 80.8 Å². The van der Waals surface area contributed by atoms with Gasteiger partial charge in [0.05, 0.1) is 5.01 Å². The number of hydrogen-bond donors (Lipinski definition) is 1. The Morgan fingerprint density at radius 3 is 2.74 bits per heavy atom. The Labute approximate surface area is 144 Å². The average molecular weight is 343 g/mol. The zero-order chi connectivity index (χ0) is 16.2. The molecular weight excluding hydrogens is 328 g/mol. The Morgan fingerprint density at radius 2 is 2.00 bits per heavy atom. The molecular formula is C18H15ClN2OS. The second-order valence-corrected chi connectivity index (χ2v) is 6.56. The van der Waals surface area contributed by atoms with E-state index in [1.807, 2.05) is 37.3 Å². The third-order valence-corrected chi connectivity index (χ3v) is 4.67. The number of anilines is 1. The molecule has 3 aromatic rings. The van der Waals surface area contributed by atoms with Gasteiger partial charge in [0, 0.05) is 22.5 Å². The van der Waals surface area contributed by atoms with Crippen LogP contribution >= 0.6 is 22.9 Å². The van der Waals surface area contributed by atoms with E-state index >= 15 is 0 Å². The molecule has 23 heavy (non-hydrogen) atoms. The highest BCUT2D eigenvalue weighted by molar-refractivity contribution is 7.09. The first-order valence-electron chi connectivity index (χ1n) is 7.17. The highest BCUT2D eigenvalue weighted by Crippen LogP contribution is 2.21. The van der Waals surface area contributed by atoms with E-state index in [0.29, 0.717) is 16.4 Å². The topological polar surface area (TPSA) is 42.0 Å². The second-order valence-electron chi connectivity index (χ2n) is 5.21. The molecule has 1 amide bonds. The number of aryl methyl sites for hydroxylation is 1. The molecule has 116 valence electrons. The van der Waals surface area contributed by atoms with Crippen molar-refractivity contribution in [2.24, 2.45) is 0 Å². The van der Waals surface area contributed by atoms with E-state index in [0.717, 1.165) is 17.0 Å². The van der Waals surface area contributed by atoms with E-state index in [9.17, 15) is 4.79 Å². The molecule has 5 heteroatoms. The third-order valence-electron chi connectivity index (χ3n) is 3.41. The van der Waals surface area contributed by atoms with Gasteiger partial charge in [-0.25, -0.2) is 4.98 Å². The summed E-state index contributed by atoms with van der Waals surface area (Å²) in [6.45, 7) is 1.92. The molecule has 0 aliphatic rings. The SMILES string of the molecule is Cc1ccc(NC(=O)c2csc(Cc3ccccc3)n2)cc1Cl. The lowest BCUT2D eigenvalue weighted by Gasteiger charge is -2.05. The van der Waals surface area contributed by atoms with Crippen LogP contribution < -0.4 is 5.32 Å². The maximum absolute atomic E-state index is 12.3. The van der Waals surface area contributed by atoms with Crippen molar-refractivity contribution in [1.29, 1.82) is 0 Å². The number of benzene rings is 2. The van der Waals surface area contributed by atoms with Crippen LogP contribution in [0.25, 0.3) is 0 Å². The van der Waals surface area contributed by atoms with Crippen LogP contribution in [0.4, 0.5) is 5.69 Å². The summed E-state index contributed by atoms with van der Waals surface area (Å²) in [7, 11) is 0. The summed E-state index contributed by atoms with van der Waals surface area (Å²) in [5, 5.41) is 6.16. The summed E-state index contributed by atoms with van der Waals surface area (Å²) in [4.78, 5) is 16.7. The fourth-order valence-electron chi connectivity index (χ4n) is 2.13. The standard InChI is InChI=1S/C18H15ClN2OS/c1-12-7-8-14(10-15(12)19)20-18(22)16-11-23-17(21-16)9-13-5-3-2-4-6-13/h2-8,10-11H,9H2,1H3,(H,20,22). The first kappa shape index (κ1) is 15.7. The summed E-state index contributed by atoms with van der Waals surface area (Å²) < 4.78 is 0. The van der Waals surface area contributed by atoms with Gasteiger partial charge in [-0.2, -0.15) is 0 Å². The van der Waals surface area contributed by atoms with Gasteiger partial charge < -0.3 is 5.32 Å². The molecule has 0 aliphatic carbocycles. The number of nitrogens with zero attached hydrogens (tertiary/aromatic N) is 1. The molecule has 0 bridgehead atoms. The smallest absolute Gasteiger partial charge is 0.275 e. The Balaban J connectivity index is 1.69. The lowest BCUT2D eigenvalue weighted by Crippen LogP contribution is -2.12. The minimum absolute atomic E-state index is 0.222. The van der Waals surface area contributed by atoms with Gasteiger partial charge in [0.25, 0.3) is 5.91 Å². The first-order chi connectivity index (χ1) is 11.1. The van der Waals surface area contributed by atoms with Gasteiger partial charge in [-0.3, -0.25) is 4.79 Å². The van der Waals surface area contributed by atoms with E-state index in [1.54, 1.807) is 11.4 Å². The normalized spacial score (nSPS) is 10.5. The maximum atomic E-state index is 12.3. The second kappa shape index (κ2) is 6.94. The van der Waals surface area contributed by atoms with Crippen molar-refractivity contribution in [3.63, 3.8) is 0 Å². The van der Waals surface area contributed by atoms with Crippen LogP contribution in [0.5, 0.6) is 0 Å². The molecule has 0 radical (unpaired) electrons. The molecule has 1 N–H and O–H groups in total. The first-order valence-corrected chi connectivity index (χ1v) is 8.43. The van der Waals surface area contributed by atoms with Gasteiger partial charge >= 0.3 is 0 Å². The fourth-order valence-corrected chi connectivity index (χ4v) is 3.12. The van der Waals surface area contributed by atoms with E-state index in [-0.39, 0.29) is 5.91 Å². The van der Waals surface area contributed by atoms with Gasteiger partial charge in [-0.1, -0.05) is 48.0 Å². The molecule has 0 atom stereocenters. The number of nitrogens with one attached hydrogen (secondary N) is 1. The number of aromatic nitrogens is 1. The molecule has 0 fully saturated rings.